The first-order valence-electron chi connectivity index (χ1n) is 13.1. The summed E-state index contributed by atoms with van der Waals surface area (Å²) >= 11 is 6.21. The molecule has 1 amide bonds. The Kier molecular flexibility index (Phi) is 8.46. The van der Waals surface area contributed by atoms with Gasteiger partial charge in [0.1, 0.15) is 11.3 Å². The van der Waals surface area contributed by atoms with E-state index < -0.39 is 0 Å². The molecule has 5 rings (SSSR count). The Morgan fingerprint density at radius 2 is 1.92 bits per heavy atom. The van der Waals surface area contributed by atoms with E-state index in [1.807, 2.05) is 18.2 Å². The number of nitrogens with one attached hydrogen (secondary N) is 2. The zero-order chi connectivity index (χ0) is 26.3. The molecule has 2 N–H and O–H groups in total. The minimum atomic E-state index is -0.0260. The second-order valence-corrected chi connectivity index (χ2v) is 10.2. The Morgan fingerprint density at radius 3 is 2.63 bits per heavy atom. The van der Waals surface area contributed by atoms with E-state index in [-0.39, 0.29) is 18.4 Å². The molecule has 10 nitrogen and oxygen atoms in total. The molecular formula is C27H31ClN8O2. The molecule has 0 spiro atoms. The van der Waals surface area contributed by atoms with E-state index >= 15 is 0 Å². The van der Waals surface area contributed by atoms with Gasteiger partial charge in [-0.15, -0.1) is 0 Å². The third kappa shape index (κ3) is 6.47. The highest BCUT2D eigenvalue weighted by molar-refractivity contribution is 6.33. The molecule has 38 heavy (non-hydrogen) atoms. The fraction of sp³-hybridized carbons (Fsp3) is 0.481. The van der Waals surface area contributed by atoms with Gasteiger partial charge in [-0.05, 0) is 55.4 Å². The number of pyridine rings is 2. The molecule has 198 valence electrons. The molecule has 0 unspecified atom stereocenters. The van der Waals surface area contributed by atoms with Crippen LogP contribution in [0.3, 0.4) is 0 Å². The minimum absolute atomic E-state index is 0.0260. The zero-order valence-corrected chi connectivity index (χ0v) is 21.9. The molecule has 11 heteroatoms. The van der Waals surface area contributed by atoms with Crippen LogP contribution in [-0.4, -0.2) is 69.1 Å². The van der Waals surface area contributed by atoms with Crippen LogP contribution in [0.2, 0.25) is 5.15 Å². The first-order valence-corrected chi connectivity index (χ1v) is 13.4. The number of amides is 1. The predicted octanol–water partition coefficient (Wildman–Crippen LogP) is 3.84. The number of aromatic nitrogens is 4. The standard InChI is InChI=1S/C27H31ClN8O2/c28-26-25-20(8-10-30-26)4-7-23(35-25)34-21-5-2-18(3-6-21)13-31-27-32-14-19(15-33-27)12-24(37)36(11-1-9-29)22-16-38-17-22/h4,7-8,10,14-15,18,21-22H,1-3,5-6,11-13,16-17H2,(H,34,35)(H,31,32,33). The monoisotopic (exact) mass is 534 g/mol. The summed E-state index contributed by atoms with van der Waals surface area (Å²) in [5, 5.41) is 17.2. The maximum absolute atomic E-state index is 12.8. The number of hydrogen-bond donors (Lipinski definition) is 2. The first-order chi connectivity index (χ1) is 18.6. The predicted molar refractivity (Wildman–Crippen MR) is 145 cm³/mol. The van der Waals surface area contributed by atoms with E-state index in [9.17, 15) is 4.79 Å². The number of nitrogens with zero attached hydrogens (tertiary/aromatic N) is 6. The zero-order valence-electron chi connectivity index (χ0n) is 21.1. The number of fused-ring (bicyclic) bond motifs is 1. The molecule has 4 heterocycles. The van der Waals surface area contributed by atoms with Gasteiger partial charge in [0.05, 0.1) is 38.2 Å². The van der Waals surface area contributed by atoms with Crippen LogP contribution in [-0.2, 0) is 16.0 Å². The van der Waals surface area contributed by atoms with Crippen molar-refractivity contribution in [3.63, 3.8) is 0 Å². The van der Waals surface area contributed by atoms with Crippen molar-refractivity contribution in [3.8, 4) is 6.07 Å². The van der Waals surface area contributed by atoms with Crippen molar-refractivity contribution in [1.82, 2.24) is 24.8 Å². The average Bonchev–Trinajstić information content (AvgIpc) is 2.91. The van der Waals surface area contributed by atoms with Gasteiger partial charge in [-0.3, -0.25) is 4.79 Å². The summed E-state index contributed by atoms with van der Waals surface area (Å²) in [6.07, 6.45) is 9.92. The van der Waals surface area contributed by atoms with Gasteiger partial charge in [-0.1, -0.05) is 11.6 Å². The molecule has 3 aromatic heterocycles. The van der Waals surface area contributed by atoms with Crippen molar-refractivity contribution >= 4 is 40.2 Å². The fourth-order valence-electron chi connectivity index (χ4n) is 4.95. The molecule has 1 saturated heterocycles. The van der Waals surface area contributed by atoms with Crippen molar-refractivity contribution in [2.45, 2.75) is 50.6 Å². The number of rotatable bonds is 10. The number of carbonyl (C=O) groups excluding carboxylic acids is 1. The molecule has 0 aromatic carbocycles. The van der Waals surface area contributed by atoms with Gasteiger partial charge in [0.25, 0.3) is 0 Å². The molecule has 2 fully saturated rings. The van der Waals surface area contributed by atoms with Crippen LogP contribution in [0.4, 0.5) is 11.8 Å². The fourth-order valence-corrected chi connectivity index (χ4v) is 5.16. The molecule has 1 aliphatic carbocycles. The lowest BCUT2D eigenvalue weighted by molar-refractivity contribution is -0.143. The van der Waals surface area contributed by atoms with Gasteiger partial charge in [-0.25, -0.2) is 19.9 Å². The number of ether oxygens (including phenoxy) is 1. The van der Waals surface area contributed by atoms with Crippen molar-refractivity contribution in [3.05, 3.63) is 47.5 Å². The van der Waals surface area contributed by atoms with Crippen molar-refractivity contribution in [1.29, 1.82) is 5.26 Å². The number of anilines is 2. The Labute approximate surface area is 226 Å². The van der Waals surface area contributed by atoms with Gasteiger partial charge in [0.2, 0.25) is 11.9 Å². The number of hydrogen-bond acceptors (Lipinski definition) is 9. The second kappa shape index (κ2) is 12.3. The molecule has 1 saturated carbocycles. The topological polar surface area (TPSA) is 129 Å². The first kappa shape index (κ1) is 26.1. The van der Waals surface area contributed by atoms with Crippen molar-refractivity contribution < 1.29 is 9.53 Å². The van der Waals surface area contributed by atoms with Gasteiger partial charge in [0, 0.05) is 43.1 Å². The average molecular weight is 535 g/mol. The maximum Gasteiger partial charge on any atom is 0.227 e. The van der Waals surface area contributed by atoms with Crippen LogP contribution >= 0.6 is 11.6 Å². The van der Waals surface area contributed by atoms with Crippen LogP contribution in [0.1, 0.15) is 37.7 Å². The Bertz CT molecular complexity index is 1290. The van der Waals surface area contributed by atoms with E-state index in [4.69, 9.17) is 21.6 Å². The molecule has 3 aromatic rings. The lowest BCUT2D eigenvalue weighted by Crippen LogP contribution is -2.52. The highest BCUT2D eigenvalue weighted by atomic mass is 35.5. The summed E-state index contributed by atoms with van der Waals surface area (Å²) in [4.78, 5) is 32.1. The lowest BCUT2D eigenvalue weighted by Gasteiger charge is -2.37. The summed E-state index contributed by atoms with van der Waals surface area (Å²) in [7, 11) is 0. The van der Waals surface area contributed by atoms with Gasteiger partial charge >= 0.3 is 0 Å². The van der Waals surface area contributed by atoms with Crippen LogP contribution in [0.25, 0.3) is 10.9 Å². The molecule has 0 radical (unpaired) electrons. The summed E-state index contributed by atoms with van der Waals surface area (Å²) in [5.41, 5.74) is 1.48. The van der Waals surface area contributed by atoms with E-state index in [1.165, 1.54) is 0 Å². The summed E-state index contributed by atoms with van der Waals surface area (Å²) < 4.78 is 5.22. The summed E-state index contributed by atoms with van der Waals surface area (Å²) in [6.45, 7) is 2.29. The lowest BCUT2D eigenvalue weighted by atomic mass is 9.86. The Morgan fingerprint density at radius 1 is 1.13 bits per heavy atom. The number of nitriles is 1. The van der Waals surface area contributed by atoms with Crippen LogP contribution in [0, 0.1) is 17.2 Å². The van der Waals surface area contributed by atoms with Crippen LogP contribution in [0.15, 0.2) is 36.8 Å². The van der Waals surface area contributed by atoms with Crippen molar-refractivity contribution in [2.75, 3.05) is 36.9 Å². The molecule has 0 atom stereocenters. The van der Waals surface area contributed by atoms with E-state index in [2.05, 4.69) is 36.6 Å². The van der Waals surface area contributed by atoms with E-state index in [1.54, 1.807) is 23.5 Å². The van der Waals surface area contributed by atoms with Crippen LogP contribution in [0.5, 0.6) is 0 Å². The largest absolute Gasteiger partial charge is 0.377 e. The molecule has 1 aliphatic heterocycles. The summed E-state index contributed by atoms with van der Waals surface area (Å²) in [6, 6.07) is 8.46. The molecule has 0 bridgehead atoms. The van der Waals surface area contributed by atoms with E-state index in [0.717, 1.165) is 54.5 Å². The smallest absolute Gasteiger partial charge is 0.227 e. The van der Waals surface area contributed by atoms with Crippen LogP contribution < -0.4 is 10.6 Å². The summed E-state index contributed by atoms with van der Waals surface area (Å²) in [5.74, 6) is 1.91. The van der Waals surface area contributed by atoms with E-state index in [0.29, 0.717) is 49.2 Å². The maximum atomic E-state index is 12.8. The molecule has 2 aliphatic rings. The number of carbonyl (C=O) groups is 1. The quantitative estimate of drug-likeness (QED) is 0.372. The second-order valence-electron chi connectivity index (χ2n) is 9.89. The third-order valence-corrected chi connectivity index (χ3v) is 7.49. The van der Waals surface area contributed by atoms with Gasteiger partial charge < -0.3 is 20.3 Å². The number of halogens is 1. The van der Waals surface area contributed by atoms with Crippen molar-refractivity contribution in [2.24, 2.45) is 5.92 Å². The normalized spacial score (nSPS) is 19.4. The molecular weight excluding hydrogens is 504 g/mol. The third-order valence-electron chi connectivity index (χ3n) is 7.22. The van der Waals surface area contributed by atoms with Gasteiger partial charge in [0.15, 0.2) is 5.15 Å². The minimum Gasteiger partial charge on any atom is -0.377 e. The highest BCUT2D eigenvalue weighted by Crippen LogP contribution is 2.28. The highest BCUT2D eigenvalue weighted by Gasteiger charge is 2.29. The Balaban J connectivity index is 1.06. The SMILES string of the molecule is N#CCCN(C(=O)Cc1cnc(NCC2CCC(Nc3ccc4ccnc(Cl)c4n3)CC2)nc1)C1COC1. The Hall–Kier alpha value is -3.55. The van der Waals surface area contributed by atoms with Gasteiger partial charge in [-0.2, -0.15) is 5.26 Å².